The second-order valence-corrected chi connectivity index (χ2v) is 4.78. The molecular formula is C13H19FN2O2. The maximum atomic E-state index is 13.9. The Morgan fingerprint density at radius 1 is 1.56 bits per heavy atom. The lowest BCUT2D eigenvalue weighted by atomic mass is 10.0. The number of aliphatic hydroxyl groups is 1. The second kappa shape index (κ2) is 5.02. The number of rotatable bonds is 3. The summed E-state index contributed by atoms with van der Waals surface area (Å²) in [6.07, 6.45) is 0.498. The number of nitrogen functional groups attached to an aromatic ring is 1. The SMILES string of the molecule is COc1cc(N2CCC(C(C)O)C2)c(F)cc1N. The van der Waals surface area contributed by atoms with Gasteiger partial charge in [-0.05, 0) is 13.3 Å². The Morgan fingerprint density at radius 2 is 2.28 bits per heavy atom. The highest BCUT2D eigenvalue weighted by Gasteiger charge is 2.28. The fourth-order valence-corrected chi connectivity index (χ4v) is 2.38. The quantitative estimate of drug-likeness (QED) is 0.805. The van der Waals surface area contributed by atoms with E-state index in [0.717, 1.165) is 13.0 Å². The molecule has 1 aromatic rings. The van der Waals surface area contributed by atoms with Crippen LogP contribution in [0.15, 0.2) is 12.1 Å². The van der Waals surface area contributed by atoms with Crippen LogP contribution in [0.3, 0.4) is 0 Å². The zero-order chi connectivity index (χ0) is 13.3. The Bertz CT molecular complexity index is 437. The summed E-state index contributed by atoms with van der Waals surface area (Å²) < 4.78 is 19.0. The van der Waals surface area contributed by atoms with E-state index in [0.29, 0.717) is 23.7 Å². The van der Waals surface area contributed by atoms with Crippen molar-refractivity contribution in [2.24, 2.45) is 5.92 Å². The van der Waals surface area contributed by atoms with Crippen LogP contribution in [-0.2, 0) is 0 Å². The molecule has 1 aliphatic heterocycles. The number of aliphatic hydroxyl groups excluding tert-OH is 1. The number of methoxy groups -OCH3 is 1. The molecule has 1 aromatic carbocycles. The molecule has 0 spiro atoms. The van der Waals surface area contributed by atoms with Crippen molar-refractivity contribution in [3.8, 4) is 5.75 Å². The van der Waals surface area contributed by atoms with Crippen molar-refractivity contribution in [3.63, 3.8) is 0 Å². The van der Waals surface area contributed by atoms with Gasteiger partial charge in [0.2, 0.25) is 0 Å². The number of nitrogens with zero attached hydrogens (tertiary/aromatic N) is 1. The van der Waals surface area contributed by atoms with Crippen LogP contribution in [0.2, 0.25) is 0 Å². The maximum Gasteiger partial charge on any atom is 0.148 e. The Balaban J connectivity index is 2.24. The van der Waals surface area contributed by atoms with Crippen LogP contribution in [0.1, 0.15) is 13.3 Å². The smallest absolute Gasteiger partial charge is 0.148 e. The largest absolute Gasteiger partial charge is 0.495 e. The number of hydrogen-bond acceptors (Lipinski definition) is 4. The van der Waals surface area contributed by atoms with Gasteiger partial charge < -0.3 is 20.5 Å². The van der Waals surface area contributed by atoms with Crippen LogP contribution in [0.5, 0.6) is 5.75 Å². The van der Waals surface area contributed by atoms with Crippen molar-refractivity contribution in [1.82, 2.24) is 0 Å². The summed E-state index contributed by atoms with van der Waals surface area (Å²) in [6.45, 7) is 3.16. The van der Waals surface area contributed by atoms with Crippen molar-refractivity contribution < 1.29 is 14.2 Å². The molecule has 1 fully saturated rings. The molecule has 1 heterocycles. The third-order valence-corrected chi connectivity index (χ3v) is 3.55. The van der Waals surface area contributed by atoms with E-state index in [1.807, 2.05) is 4.90 Å². The average molecular weight is 254 g/mol. The summed E-state index contributed by atoms with van der Waals surface area (Å²) in [4.78, 5) is 1.93. The third-order valence-electron chi connectivity index (χ3n) is 3.55. The standard InChI is InChI=1S/C13H19FN2O2/c1-8(17)9-3-4-16(7-9)12-6-13(18-2)11(15)5-10(12)14/h5-6,8-9,17H,3-4,7,15H2,1-2H3. The van der Waals surface area contributed by atoms with Gasteiger partial charge in [0.15, 0.2) is 0 Å². The van der Waals surface area contributed by atoms with Crippen molar-refractivity contribution in [2.75, 3.05) is 30.8 Å². The van der Waals surface area contributed by atoms with E-state index in [-0.39, 0.29) is 17.8 Å². The lowest BCUT2D eigenvalue weighted by Crippen LogP contribution is -2.24. The second-order valence-electron chi connectivity index (χ2n) is 4.78. The molecule has 1 saturated heterocycles. The summed E-state index contributed by atoms with van der Waals surface area (Å²) in [7, 11) is 1.51. The van der Waals surface area contributed by atoms with Gasteiger partial charge >= 0.3 is 0 Å². The summed E-state index contributed by atoms with van der Waals surface area (Å²) in [5.41, 5.74) is 6.44. The Morgan fingerprint density at radius 3 is 2.83 bits per heavy atom. The number of hydrogen-bond donors (Lipinski definition) is 2. The van der Waals surface area contributed by atoms with Crippen LogP contribution in [0.4, 0.5) is 15.8 Å². The number of nitrogens with two attached hydrogens (primary N) is 1. The highest BCUT2D eigenvalue weighted by molar-refractivity contribution is 5.63. The highest BCUT2D eigenvalue weighted by atomic mass is 19.1. The molecule has 100 valence electrons. The third kappa shape index (κ3) is 2.36. The topological polar surface area (TPSA) is 58.7 Å². The zero-order valence-electron chi connectivity index (χ0n) is 10.7. The van der Waals surface area contributed by atoms with Gasteiger partial charge in [-0.15, -0.1) is 0 Å². The predicted molar refractivity (Wildman–Crippen MR) is 69.4 cm³/mol. The molecule has 0 aliphatic carbocycles. The molecule has 2 atom stereocenters. The first-order valence-corrected chi connectivity index (χ1v) is 6.09. The van der Waals surface area contributed by atoms with Gasteiger partial charge in [-0.2, -0.15) is 0 Å². The van der Waals surface area contributed by atoms with Crippen LogP contribution in [-0.4, -0.2) is 31.4 Å². The molecule has 1 aliphatic rings. The van der Waals surface area contributed by atoms with Gasteiger partial charge in [0.25, 0.3) is 0 Å². The molecule has 5 heteroatoms. The van der Waals surface area contributed by atoms with Crippen molar-refractivity contribution in [1.29, 1.82) is 0 Å². The van der Waals surface area contributed by atoms with Gasteiger partial charge in [-0.3, -0.25) is 0 Å². The predicted octanol–water partition coefficient (Wildman–Crippen LogP) is 1.62. The van der Waals surface area contributed by atoms with Gasteiger partial charge in [0, 0.05) is 31.1 Å². The van der Waals surface area contributed by atoms with Crippen molar-refractivity contribution in [2.45, 2.75) is 19.4 Å². The molecule has 0 bridgehead atoms. The van der Waals surface area contributed by atoms with Crippen molar-refractivity contribution >= 4 is 11.4 Å². The molecule has 0 saturated carbocycles. The summed E-state index contributed by atoms with van der Waals surface area (Å²) in [5.74, 6) is 0.319. The lowest BCUT2D eigenvalue weighted by molar-refractivity contribution is 0.136. The minimum atomic E-state index is -0.367. The average Bonchev–Trinajstić information content (AvgIpc) is 2.78. The van der Waals surface area contributed by atoms with E-state index >= 15 is 0 Å². The molecule has 4 nitrogen and oxygen atoms in total. The fraction of sp³-hybridized carbons (Fsp3) is 0.538. The number of halogens is 1. The minimum Gasteiger partial charge on any atom is -0.495 e. The molecule has 2 rings (SSSR count). The van der Waals surface area contributed by atoms with Gasteiger partial charge in [-0.25, -0.2) is 4.39 Å². The van der Waals surface area contributed by atoms with E-state index < -0.39 is 0 Å². The van der Waals surface area contributed by atoms with E-state index in [1.54, 1.807) is 13.0 Å². The summed E-state index contributed by atoms with van der Waals surface area (Å²) in [6, 6.07) is 2.90. The van der Waals surface area contributed by atoms with Gasteiger partial charge in [0.1, 0.15) is 11.6 Å². The van der Waals surface area contributed by atoms with E-state index in [1.165, 1.54) is 13.2 Å². The van der Waals surface area contributed by atoms with Crippen molar-refractivity contribution in [3.05, 3.63) is 17.9 Å². The zero-order valence-corrected chi connectivity index (χ0v) is 10.7. The minimum absolute atomic E-state index is 0.188. The first kappa shape index (κ1) is 13.0. The molecule has 3 N–H and O–H groups in total. The Kier molecular flexibility index (Phi) is 3.61. The molecule has 0 amide bonds. The number of benzene rings is 1. The van der Waals surface area contributed by atoms with Crippen LogP contribution in [0.25, 0.3) is 0 Å². The lowest BCUT2D eigenvalue weighted by Gasteiger charge is -2.21. The first-order valence-electron chi connectivity index (χ1n) is 6.09. The number of anilines is 2. The Hall–Kier alpha value is -1.49. The maximum absolute atomic E-state index is 13.9. The molecule has 18 heavy (non-hydrogen) atoms. The Labute approximate surface area is 106 Å². The van der Waals surface area contributed by atoms with E-state index in [2.05, 4.69) is 0 Å². The molecule has 2 unspecified atom stereocenters. The van der Waals surface area contributed by atoms with Crippen LogP contribution < -0.4 is 15.4 Å². The van der Waals surface area contributed by atoms with E-state index in [9.17, 15) is 9.50 Å². The number of ether oxygens (including phenoxy) is 1. The fourth-order valence-electron chi connectivity index (χ4n) is 2.38. The molecule has 0 aromatic heterocycles. The molecular weight excluding hydrogens is 235 g/mol. The normalized spacial score (nSPS) is 21.1. The van der Waals surface area contributed by atoms with Crippen LogP contribution >= 0.6 is 0 Å². The summed E-state index contributed by atoms with van der Waals surface area (Å²) in [5, 5.41) is 9.57. The summed E-state index contributed by atoms with van der Waals surface area (Å²) >= 11 is 0. The van der Waals surface area contributed by atoms with Gasteiger partial charge in [0.05, 0.1) is 24.6 Å². The highest BCUT2D eigenvalue weighted by Crippen LogP contribution is 2.33. The molecule has 0 radical (unpaired) electrons. The monoisotopic (exact) mass is 254 g/mol. The van der Waals surface area contributed by atoms with E-state index in [4.69, 9.17) is 10.5 Å². The first-order chi connectivity index (χ1) is 8.52. The van der Waals surface area contributed by atoms with Crippen LogP contribution in [0, 0.1) is 11.7 Å². The van der Waals surface area contributed by atoms with Gasteiger partial charge in [-0.1, -0.05) is 0 Å².